The van der Waals surface area contributed by atoms with Crippen molar-refractivity contribution in [2.45, 2.75) is 19.1 Å². The van der Waals surface area contributed by atoms with Crippen LogP contribution in [0.15, 0.2) is 12.1 Å². The van der Waals surface area contributed by atoms with Gasteiger partial charge in [0.25, 0.3) is 0 Å². The topological polar surface area (TPSA) is 66.5 Å². The Kier molecular flexibility index (Phi) is 4.07. The summed E-state index contributed by atoms with van der Waals surface area (Å²) in [5.41, 5.74) is 6.77. The summed E-state index contributed by atoms with van der Waals surface area (Å²) in [6.45, 7) is 1.65. The van der Waals surface area contributed by atoms with Crippen LogP contribution in [-0.2, 0) is 0 Å². The van der Waals surface area contributed by atoms with E-state index >= 15 is 0 Å². The maximum atomic E-state index is 13.1. The van der Waals surface area contributed by atoms with Crippen molar-refractivity contribution in [3.63, 3.8) is 0 Å². The lowest BCUT2D eigenvalue weighted by Crippen LogP contribution is -2.21. The molecule has 0 fully saturated rings. The number of rotatable bonds is 3. The first-order valence-corrected chi connectivity index (χ1v) is 5.57. The molecule has 1 aromatic rings. The number of alkyl halides is 1. The molecule has 3 nitrogen and oxygen atoms in total. The summed E-state index contributed by atoms with van der Waals surface area (Å²) in [6, 6.07) is 2.42. The van der Waals surface area contributed by atoms with Crippen LogP contribution in [0.3, 0.4) is 0 Å². The second-order valence-electron chi connectivity index (χ2n) is 3.39. The lowest BCUT2D eigenvalue weighted by Gasteiger charge is -2.18. The quantitative estimate of drug-likeness (QED) is 0.580. The van der Waals surface area contributed by atoms with Crippen molar-refractivity contribution in [3.8, 4) is 0 Å². The number of nitrogen functional groups attached to an aromatic ring is 1. The van der Waals surface area contributed by atoms with E-state index in [0.29, 0.717) is 11.3 Å². The molecule has 1 aromatic carbocycles. The molecule has 0 spiro atoms. The van der Waals surface area contributed by atoms with Crippen molar-refractivity contribution in [1.29, 1.82) is 0 Å². The second kappa shape index (κ2) is 4.92. The molecule has 4 N–H and O–H groups in total. The van der Waals surface area contributed by atoms with Gasteiger partial charge >= 0.3 is 0 Å². The van der Waals surface area contributed by atoms with Gasteiger partial charge in [-0.2, -0.15) is 0 Å². The van der Waals surface area contributed by atoms with Crippen LogP contribution in [0.1, 0.15) is 17.2 Å². The molecule has 0 aliphatic carbocycles. The SMILES string of the molecule is Cc1cc(F)cc(C(O)C(O)CBr)c1N. The smallest absolute Gasteiger partial charge is 0.123 e. The van der Waals surface area contributed by atoms with Gasteiger partial charge in [0.1, 0.15) is 11.9 Å². The Morgan fingerprint density at radius 1 is 1.47 bits per heavy atom. The number of nitrogens with two attached hydrogens (primary N) is 1. The first kappa shape index (κ1) is 12.4. The third kappa shape index (κ3) is 2.68. The molecule has 0 heterocycles. The van der Waals surface area contributed by atoms with E-state index in [4.69, 9.17) is 5.73 Å². The summed E-state index contributed by atoms with van der Waals surface area (Å²) >= 11 is 3.03. The Morgan fingerprint density at radius 2 is 2.07 bits per heavy atom. The maximum Gasteiger partial charge on any atom is 0.123 e. The summed E-state index contributed by atoms with van der Waals surface area (Å²) < 4.78 is 13.1. The number of aliphatic hydroxyl groups is 2. The van der Waals surface area contributed by atoms with E-state index in [2.05, 4.69) is 15.9 Å². The molecule has 0 aliphatic rings. The van der Waals surface area contributed by atoms with Crippen LogP contribution in [0.5, 0.6) is 0 Å². The zero-order chi connectivity index (χ0) is 11.6. The standard InChI is InChI=1S/C10H13BrFNO2/c1-5-2-6(12)3-7(9(5)13)10(15)8(14)4-11/h2-3,8,10,14-15H,4,13H2,1H3. The van der Waals surface area contributed by atoms with E-state index < -0.39 is 18.0 Å². The van der Waals surface area contributed by atoms with Crippen LogP contribution < -0.4 is 5.73 Å². The zero-order valence-corrected chi connectivity index (χ0v) is 9.83. The molecule has 0 saturated heterocycles. The zero-order valence-electron chi connectivity index (χ0n) is 8.24. The minimum Gasteiger partial charge on any atom is -0.398 e. The van der Waals surface area contributed by atoms with Crippen LogP contribution in [0.4, 0.5) is 10.1 Å². The van der Waals surface area contributed by atoms with E-state index in [1.54, 1.807) is 6.92 Å². The summed E-state index contributed by atoms with van der Waals surface area (Å²) in [4.78, 5) is 0. The summed E-state index contributed by atoms with van der Waals surface area (Å²) in [7, 11) is 0. The number of aliphatic hydroxyl groups excluding tert-OH is 2. The largest absolute Gasteiger partial charge is 0.398 e. The Hall–Kier alpha value is -0.650. The highest BCUT2D eigenvalue weighted by atomic mass is 79.9. The first-order chi connectivity index (χ1) is 6.97. The number of benzene rings is 1. The van der Waals surface area contributed by atoms with Gasteiger partial charge in [-0.3, -0.25) is 0 Å². The molecule has 0 bridgehead atoms. The molecular weight excluding hydrogens is 265 g/mol. The fraction of sp³-hybridized carbons (Fsp3) is 0.400. The number of hydrogen-bond donors (Lipinski definition) is 3. The Morgan fingerprint density at radius 3 is 2.60 bits per heavy atom. The summed E-state index contributed by atoms with van der Waals surface area (Å²) in [5.74, 6) is -0.475. The molecule has 0 radical (unpaired) electrons. The fourth-order valence-corrected chi connectivity index (χ4v) is 1.67. The van der Waals surface area contributed by atoms with E-state index in [1.165, 1.54) is 6.07 Å². The lowest BCUT2D eigenvalue weighted by atomic mass is 10.0. The predicted octanol–water partition coefficient (Wildman–Crippen LogP) is 1.51. The summed E-state index contributed by atoms with van der Waals surface area (Å²) in [6.07, 6.45) is -2.19. The molecule has 2 atom stereocenters. The second-order valence-corrected chi connectivity index (χ2v) is 4.04. The number of anilines is 1. The minimum absolute atomic E-state index is 0.198. The normalized spacial score (nSPS) is 15.0. The third-order valence-electron chi connectivity index (χ3n) is 2.22. The average molecular weight is 278 g/mol. The highest BCUT2D eigenvalue weighted by molar-refractivity contribution is 9.09. The Labute approximate surface area is 95.9 Å². The third-order valence-corrected chi connectivity index (χ3v) is 2.89. The van der Waals surface area contributed by atoms with E-state index in [1.807, 2.05) is 0 Å². The van der Waals surface area contributed by atoms with Crippen molar-refractivity contribution in [2.24, 2.45) is 0 Å². The van der Waals surface area contributed by atoms with Gasteiger partial charge in [0.05, 0.1) is 6.10 Å². The van der Waals surface area contributed by atoms with Crippen LogP contribution in [0, 0.1) is 12.7 Å². The summed E-state index contributed by atoms with van der Waals surface area (Å²) in [5, 5.41) is 19.3. The molecule has 2 unspecified atom stereocenters. The monoisotopic (exact) mass is 277 g/mol. The van der Waals surface area contributed by atoms with Crippen LogP contribution >= 0.6 is 15.9 Å². The van der Waals surface area contributed by atoms with Gasteiger partial charge in [-0.1, -0.05) is 15.9 Å². The van der Waals surface area contributed by atoms with Crippen LogP contribution in [-0.4, -0.2) is 21.6 Å². The molecule has 5 heteroatoms. The lowest BCUT2D eigenvalue weighted by molar-refractivity contribution is 0.0345. The Balaban J connectivity index is 3.13. The molecule has 0 amide bonds. The number of halogens is 2. The maximum absolute atomic E-state index is 13.1. The van der Waals surface area contributed by atoms with Gasteiger partial charge in [0.2, 0.25) is 0 Å². The predicted molar refractivity (Wildman–Crippen MR) is 60.3 cm³/mol. The van der Waals surface area contributed by atoms with E-state index in [-0.39, 0.29) is 10.9 Å². The Bertz CT molecular complexity index is 360. The molecule has 0 aromatic heterocycles. The molecule has 15 heavy (non-hydrogen) atoms. The van der Waals surface area contributed by atoms with Gasteiger partial charge in [-0.15, -0.1) is 0 Å². The van der Waals surface area contributed by atoms with Crippen molar-refractivity contribution in [2.75, 3.05) is 11.1 Å². The highest BCUT2D eigenvalue weighted by Gasteiger charge is 2.21. The van der Waals surface area contributed by atoms with Gasteiger partial charge in [-0.25, -0.2) is 4.39 Å². The van der Waals surface area contributed by atoms with E-state index in [0.717, 1.165) is 6.07 Å². The molecule has 1 rings (SSSR count). The van der Waals surface area contributed by atoms with Gasteiger partial charge < -0.3 is 15.9 Å². The van der Waals surface area contributed by atoms with Gasteiger partial charge in [-0.05, 0) is 24.6 Å². The molecular formula is C10H13BrFNO2. The van der Waals surface area contributed by atoms with Crippen LogP contribution in [0.25, 0.3) is 0 Å². The van der Waals surface area contributed by atoms with Crippen molar-refractivity contribution < 1.29 is 14.6 Å². The average Bonchev–Trinajstić information content (AvgIpc) is 2.21. The van der Waals surface area contributed by atoms with Crippen molar-refractivity contribution in [1.82, 2.24) is 0 Å². The molecule has 0 saturated carbocycles. The first-order valence-electron chi connectivity index (χ1n) is 4.45. The van der Waals surface area contributed by atoms with Crippen LogP contribution in [0.2, 0.25) is 0 Å². The molecule has 84 valence electrons. The van der Waals surface area contributed by atoms with Crippen molar-refractivity contribution in [3.05, 3.63) is 29.1 Å². The number of aryl methyl sites for hydroxylation is 1. The van der Waals surface area contributed by atoms with Crippen molar-refractivity contribution >= 4 is 21.6 Å². The minimum atomic E-state index is -1.18. The van der Waals surface area contributed by atoms with Gasteiger partial charge in [0, 0.05) is 16.6 Å². The van der Waals surface area contributed by atoms with Gasteiger partial charge in [0.15, 0.2) is 0 Å². The number of hydrogen-bond acceptors (Lipinski definition) is 3. The van der Waals surface area contributed by atoms with E-state index in [9.17, 15) is 14.6 Å². The highest BCUT2D eigenvalue weighted by Crippen LogP contribution is 2.27. The fourth-order valence-electron chi connectivity index (χ4n) is 1.32. The molecule has 0 aliphatic heterocycles.